The van der Waals surface area contributed by atoms with Gasteiger partial charge in [0, 0.05) is 19.2 Å². The van der Waals surface area contributed by atoms with Crippen LogP contribution >= 0.6 is 0 Å². The van der Waals surface area contributed by atoms with E-state index >= 15 is 0 Å². The summed E-state index contributed by atoms with van der Waals surface area (Å²) in [6.45, 7) is 6.00. The summed E-state index contributed by atoms with van der Waals surface area (Å²) in [5, 5.41) is 13.6. The summed E-state index contributed by atoms with van der Waals surface area (Å²) in [6.07, 6.45) is 0. The molecule has 7 heteroatoms. The first-order valence-corrected chi connectivity index (χ1v) is 6.43. The molecule has 0 unspecified atom stereocenters. The third-order valence-corrected chi connectivity index (χ3v) is 2.56. The molecule has 0 atom stereocenters. The van der Waals surface area contributed by atoms with Crippen LogP contribution in [0.1, 0.15) is 13.8 Å². The summed E-state index contributed by atoms with van der Waals surface area (Å²) in [4.78, 5) is 14.4. The number of anilines is 1. The van der Waals surface area contributed by atoms with Crippen molar-refractivity contribution in [1.29, 1.82) is 0 Å². The van der Waals surface area contributed by atoms with Gasteiger partial charge in [0.05, 0.1) is 17.6 Å². The zero-order valence-electron chi connectivity index (χ0n) is 11.5. The first kappa shape index (κ1) is 14.3. The van der Waals surface area contributed by atoms with Crippen molar-refractivity contribution in [2.24, 2.45) is 5.92 Å². The van der Waals surface area contributed by atoms with Gasteiger partial charge in [-0.05, 0) is 12.0 Å². The Morgan fingerprint density at radius 3 is 3.00 bits per heavy atom. The molecule has 0 aliphatic carbocycles. The zero-order valence-corrected chi connectivity index (χ0v) is 11.5. The molecule has 0 fully saturated rings. The predicted molar refractivity (Wildman–Crippen MR) is 74.8 cm³/mol. The number of aromatic nitrogens is 1. The predicted octanol–water partition coefficient (Wildman–Crippen LogP) is 2.82. The van der Waals surface area contributed by atoms with Crippen LogP contribution in [0.3, 0.4) is 0 Å². The van der Waals surface area contributed by atoms with E-state index < -0.39 is 4.92 Å². The van der Waals surface area contributed by atoms with Crippen LogP contribution in [-0.4, -0.2) is 29.7 Å². The molecule has 1 aromatic carbocycles. The highest BCUT2D eigenvalue weighted by Gasteiger charge is 2.11. The van der Waals surface area contributed by atoms with Gasteiger partial charge in [0.15, 0.2) is 5.58 Å². The molecule has 1 heterocycles. The molecular formula is C13H17N3O4. The summed E-state index contributed by atoms with van der Waals surface area (Å²) in [5.74, 6) is 0.500. The van der Waals surface area contributed by atoms with E-state index in [1.54, 1.807) is 6.07 Å². The molecule has 0 amide bonds. The molecule has 0 bridgehead atoms. The molecule has 20 heavy (non-hydrogen) atoms. The minimum atomic E-state index is -0.463. The van der Waals surface area contributed by atoms with Crippen molar-refractivity contribution in [3.8, 4) is 0 Å². The van der Waals surface area contributed by atoms with Gasteiger partial charge in [-0.3, -0.25) is 10.1 Å². The average Bonchev–Trinajstić information content (AvgIpc) is 2.79. The van der Waals surface area contributed by atoms with Crippen LogP contribution in [0.4, 0.5) is 11.7 Å². The normalized spacial score (nSPS) is 11.2. The molecular weight excluding hydrogens is 262 g/mol. The molecule has 2 rings (SSSR count). The molecule has 0 spiro atoms. The number of rotatable bonds is 7. The van der Waals surface area contributed by atoms with Crippen LogP contribution < -0.4 is 5.32 Å². The summed E-state index contributed by atoms with van der Waals surface area (Å²) in [7, 11) is 0. The number of nitrogens with one attached hydrogen (secondary N) is 1. The lowest BCUT2D eigenvalue weighted by atomic mass is 10.2. The Morgan fingerprint density at radius 1 is 1.50 bits per heavy atom. The van der Waals surface area contributed by atoms with Gasteiger partial charge in [0.25, 0.3) is 11.7 Å². The fourth-order valence-electron chi connectivity index (χ4n) is 1.65. The largest absolute Gasteiger partial charge is 0.423 e. The van der Waals surface area contributed by atoms with Crippen LogP contribution in [-0.2, 0) is 4.74 Å². The smallest absolute Gasteiger partial charge is 0.295 e. The topological polar surface area (TPSA) is 90.4 Å². The van der Waals surface area contributed by atoms with E-state index in [1.165, 1.54) is 12.1 Å². The number of non-ortho nitro benzene ring substituents is 1. The van der Waals surface area contributed by atoms with Crippen LogP contribution in [0.2, 0.25) is 0 Å². The number of oxazole rings is 1. The van der Waals surface area contributed by atoms with Crippen molar-refractivity contribution in [2.75, 3.05) is 25.1 Å². The van der Waals surface area contributed by atoms with E-state index in [1.807, 2.05) is 0 Å². The van der Waals surface area contributed by atoms with Gasteiger partial charge < -0.3 is 14.5 Å². The Labute approximate surface area is 116 Å². The SMILES string of the molecule is CC(C)COCCNc1nc2ccc([N+](=O)[O-])cc2o1. The van der Waals surface area contributed by atoms with Gasteiger partial charge in [0.2, 0.25) is 0 Å². The molecule has 0 radical (unpaired) electrons. The van der Waals surface area contributed by atoms with Gasteiger partial charge in [-0.1, -0.05) is 13.8 Å². The number of nitro groups is 1. The first-order chi connectivity index (χ1) is 9.56. The maximum atomic E-state index is 10.7. The quantitative estimate of drug-likeness (QED) is 0.476. The summed E-state index contributed by atoms with van der Waals surface area (Å²) >= 11 is 0. The van der Waals surface area contributed by atoms with Crippen LogP contribution in [0, 0.1) is 16.0 Å². The van der Waals surface area contributed by atoms with Crippen LogP contribution in [0.5, 0.6) is 0 Å². The number of nitrogens with zero attached hydrogens (tertiary/aromatic N) is 2. The van der Waals surface area contributed by atoms with Crippen molar-refractivity contribution in [3.63, 3.8) is 0 Å². The van der Waals surface area contributed by atoms with Crippen LogP contribution in [0.15, 0.2) is 22.6 Å². The molecule has 2 aromatic rings. The van der Waals surface area contributed by atoms with Gasteiger partial charge in [-0.25, -0.2) is 0 Å². The van der Waals surface area contributed by atoms with Crippen molar-refractivity contribution < 1.29 is 14.1 Å². The van der Waals surface area contributed by atoms with Crippen molar-refractivity contribution in [3.05, 3.63) is 28.3 Å². The highest BCUT2D eigenvalue weighted by atomic mass is 16.6. The zero-order chi connectivity index (χ0) is 14.5. The number of ether oxygens (including phenoxy) is 1. The van der Waals surface area contributed by atoms with Crippen molar-refractivity contribution >= 4 is 22.8 Å². The first-order valence-electron chi connectivity index (χ1n) is 6.43. The minimum Gasteiger partial charge on any atom is -0.423 e. The third kappa shape index (κ3) is 3.67. The van der Waals surface area contributed by atoms with E-state index in [0.717, 1.165) is 0 Å². The number of nitro benzene ring substituents is 1. The lowest BCUT2D eigenvalue weighted by molar-refractivity contribution is -0.384. The summed E-state index contributed by atoms with van der Waals surface area (Å²) in [5.41, 5.74) is 0.964. The monoisotopic (exact) mass is 279 g/mol. The lowest BCUT2D eigenvalue weighted by Crippen LogP contribution is -2.12. The highest BCUT2D eigenvalue weighted by Crippen LogP contribution is 2.23. The average molecular weight is 279 g/mol. The van der Waals surface area contributed by atoms with E-state index in [4.69, 9.17) is 9.15 Å². The van der Waals surface area contributed by atoms with Gasteiger partial charge >= 0.3 is 0 Å². The Kier molecular flexibility index (Phi) is 4.52. The second kappa shape index (κ2) is 6.33. The summed E-state index contributed by atoms with van der Waals surface area (Å²) in [6, 6.07) is 4.68. The Morgan fingerprint density at radius 2 is 2.30 bits per heavy atom. The number of fused-ring (bicyclic) bond motifs is 1. The molecule has 7 nitrogen and oxygen atoms in total. The van der Waals surface area contributed by atoms with Crippen molar-refractivity contribution in [1.82, 2.24) is 4.98 Å². The molecule has 0 aliphatic heterocycles. The lowest BCUT2D eigenvalue weighted by Gasteiger charge is -2.06. The standard InChI is InChI=1S/C13H17N3O4/c1-9(2)8-19-6-5-14-13-15-11-4-3-10(16(17)18)7-12(11)20-13/h3-4,7,9H,5-6,8H2,1-2H3,(H,14,15). The molecule has 0 saturated carbocycles. The van der Waals surface area contributed by atoms with Gasteiger partial charge in [0.1, 0.15) is 5.52 Å². The molecule has 0 saturated heterocycles. The van der Waals surface area contributed by atoms with E-state index in [9.17, 15) is 10.1 Å². The molecule has 1 aromatic heterocycles. The molecule has 1 N–H and O–H groups in total. The Balaban J connectivity index is 1.93. The Hall–Kier alpha value is -2.15. The minimum absolute atomic E-state index is 0.0135. The molecule has 0 aliphatic rings. The van der Waals surface area contributed by atoms with Crippen molar-refractivity contribution in [2.45, 2.75) is 13.8 Å². The fourth-order valence-corrected chi connectivity index (χ4v) is 1.65. The van der Waals surface area contributed by atoms with E-state index in [2.05, 4.69) is 24.1 Å². The van der Waals surface area contributed by atoms with E-state index in [-0.39, 0.29) is 5.69 Å². The third-order valence-electron chi connectivity index (χ3n) is 2.56. The van der Waals surface area contributed by atoms with E-state index in [0.29, 0.717) is 42.8 Å². The molecule has 108 valence electrons. The van der Waals surface area contributed by atoms with Gasteiger partial charge in [-0.2, -0.15) is 4.98 Å². The number of benzene rings is 1. The Bertz CT molecular complexity index is 594. The summed E-state index contributed by atoms with van der Waals surface area (Å²) < 4.78 is 10.8. The van der Waals surface area contributed by atoms with Crippen LogP contribution in [0.25, 0.3) is 11.1 Å². The maximum Gasteiger partial charge on any atom is 0.295 e. The number of hydrogen-bond acceptors (Lipinski definition) is 6. The maximum absolute atomic E-state index is 10.7. The second-order valence-corrected chi connectivity index (χ2v) is 4.82. The van der Waals surface area contributed by atoms with Gasteiger partial charge in [-0.15, -0.1) is 0 Å². The second-order valence-electron chi connectivity index (χ2n) is 4.82. The number of hydrogen-bond donors (Lipinski definition) is 1. The fraction of sp³-hybridized carbons (Fsp3) is 0.462. The highest BCUT2D eigenvalue weighted by molar-refractivity contribution is 5.77.